The fraction of sp³-hybridized carbons (Fsp3) is 0.588. The van der Waals surface area contributed by atoms with Gasteiger partial charge in [-0.05, 0) is 31.2 Å². The largest absolute Gasteiger partial charge is 0.497 e. The van der Waals surface area contributed by atoms with Crippen LogP contribution in [0, 0.1) is 0 Å². The number of aromatic nitrogens is 2. The Labute approximate surface area is 149 Å². The lowest BCUT2D eigenvalue weighted by Crippen LogP contribution is -2.28. The molecule has 0 N–H and O–H groups in total. The summed E-state index contributed by atoms with van der Waals surface area (Å²) in [5, 5.41) is 2.38. The van der Waals surface area contributed by atoms with E-state index in [0.29, 0.717) is 31.4 Å². The van der Waals surface area contributed by atoms with Gasteiger partial charge in [0, 0.05) is 20.9 Å². The van der Waals surface area contributed by atoms with E-state index in [1.807, 2.05) is 6.92 Å². The molecule has 134 valence electrons. The van der Waals surface area contributed by atoms with E-state index in [-0.39, 0.29) is 0 Å². The van der Waals surface area contributed by atoms with E-state index in [2.05, 4.69) is 24.7 Å². The second kappa shape index (κ2) is 7.85. The molecule has 1 aromatic heterocycles. The molecule has 0 saturated heterocycles. The van der Waals surface area contributed by atoms with E-state index < -0.39 is 19.1 Å². The SMILES string of the molecule is CCOC1=CC=CC(F)(Cl)C1c1ccn(COCC[Si](C)(C)C)n1. The van der Waals surface area contributed by atoms with Crippen LogP contribution in [0.2, 0.25) is 25.7 Å². The van der Waals surface area contributed by atoms with Gasteiger partial charge in [0.15, 0.2) is 0 Å². The fourth-order valence-corrected chi connectivity index (χ4v) is 3.48. The van der Waals surface area contributed by atoms with E-state index in [1.54, 1.807) is 29.1 Å². The van der Waals surface area contributed by atoms with Crippen LogP contribution >= 0.6 is 11.6 Å². The standard InChI is InChI=1S/C17H26ClFN2O2Si/c1-5-23-15-7-6-9-17(18,19)16(15)14-8-10-21(20-14)13-22-11-12-24(2,3)4/h6-10,16H,5,11-13H2,1-4H3. The van der Waals surface area contributed by atoms with Crippen LogP contribution in [0.1, 0.15) is 18.5 Å². The van der Waals surface area contributed by atoms with Crippen molar-refractivity contribution in [2.24, 2.45) is 0 Å². The minimum Gasteiger partial charge on any atom is -0.497 e. The lowest BCUT2D eigenvalue weighted by atomic mass is 9.92. The molecule has 2 rings (SSSR count). The van der Waals surface area contributed by atoms with Gasteiger partial charge in [-0.3, -0.25) is 0 Å². The van der Waals surface area contributed by atoms with Crippen molar-refractivity contribution >= 4 is 19.7 Å². The second-order valence-corrected chi connectivity index (χ2v) is 13.3. The highest BCUT2D eigenvalue weighted by Crippen LogP contribution is 2.43. The maximum absolute atomic E-state index is 14.7. The van der Waals surface area contributed by atoms with E-state index >= 15 is 0 Å². The number of ether oxygens (including phenoxy) is 2. The Morgan fingerprint density at radius 1 is 1.42 bits per heavy atom. The molecule has 1 heterocycles. The third-order valence-corrected chi connectivity index (χ3v) is 5.78. The van der Waals surface area contributed by atoms with Gasteiger partial charge in [0.2, 0.25) is 5.13 Å². The summed E-state index contributed by atoms with van der Waals surface area (Å²) in [5.74, 6) is -0.269. The molecule has 0 saturated carbocycles. The first-order valence-corrected chi connectivity index (χ1v) is 12.3. The molecular formula is C17H26ClFN2O2Si. The van der Waals surface area contributed by atoms with Crippen molar-refractivity contribution in [3.8, 4) is 0 Å². The molecule has 0 aliphatic heterocycles. The first-order valence-electron chi connectivity index (χ1n) is 8.24. The highest BCUT2D eigenvalue weighted by Gasteiger charge is 2.42. The Balaban J connectivity index is 2.03. The molecule has 0 amide bonds. The zero-order valence-electron chi connectivity index (χ0n) is 14.8. The summed E-state index contributed by atoms with van der Waals surface area (Å²) in [6.45, 7) is 10.3. The minimum atomic E-state index is -2.04. The predicted molar refractivity (Wildman–Crippen MR) is 97.6 cm³/mol. The third-order valence-electron chi connectivity index (χ3n) is 3.74. The molecular weight excluding hydrogens is 347 g/mol. The van der Waals surface area contributed by atoms with Crippen molar-refractivity contribution in [3.05, 3.63) is 41.9 Å². The Hall–Kier alpha value is -1.11. The van der Waals surface area contributed by atoms with E-state index in [9.17, 15) is 4.39 Å². The summed E-state index contributed by atoms with van der Waals surface area (Å²) < 4.78 is 27.6. The first kappa shape index (κ1) is 19.2. The summed E-state index contributed by atoms with van der Waals surface area (Å²) in [7, 11) is -1.11. The molecule has 0 fully saturated rings. The molecule has 7 heteroatoms. The molecule has 1 aliphatic rings. The van der Waals surface area contributed by atoms with Crippen LogP contribution in [-0.4, -0.2) is 36.2 Å². The summed E-state index contributed by atoms with van der Waals surface area (Å²) >= 11 is 6.04. The normalized spacial score (nSPS) is 24.1. The minimum absolute atomic E-state index is 0.349. The molecule has 1 aliphatic carbocycles. The first-order chi connectivity index (χ1) is 11.2. The van der Waals surface area contributed by atoms with Gasteiger partial charge in [-0.1, -0.05) is 37.3 Å². The number of nitrogens with zero attached hydrogens (tertiary/aromatic N) is 2. The molecule has 4 nitrogen and oxygen atoms in total. The average Bonchev–Trinajstić information content (AvgIpc) is 2.90. The molecule has 2 atom stereocenters. The quantitative estimate of drug-likeness (QED) is 0.378. The summed E-state index contributed by atoms with van der Waals surface area (Å²) in [4.78, 5) is 0. The van der Waals surface area contributed by atoms with Gasteiger partial charge in [0.25, 0.3) is 0 Å². The number of alkyl halides is 2. The lowest BCUT2D eigenvalue weighted by Gasteiger charge is -2.28. The molecule has 1 aromatic rings. The van der Waals surface area contributed by atoms with Gasteiger partial charge < -0.3 is 9.47 Å². The highest BCUT2D eigenvalue weighted by molar-refractivity contribution is 6.76. The van der Waals surface area contributed by atoms with Gasteiger partial charge in [0.1, 0.15) is 18.4 Å². The Morgan fingerprint density at radius 2 is 2.17 bits per heavy atom. The number of allylic oxidation sites excluding steroid dienone is 4. The average molecular weight is 373 g/mol. The zero-order valence-corrected chi connectivity index (χ0v) is 16.5. The number of hydrogen-bond acceptors (Lipinski definition) is 3. The van der Waals surface area contributed by atoms with E-state index in [4.69, 9.17) is 21.1 Å². The molecule has 0 aromatic carbocycles. The van der Waals surface area contributed by atoms with Crippen molar-refractivity contribution in [2.45, 2.75) is 50.4 Å². The van der Waals surface area contributed by atoms with Crippen molar-refractivity contribution in [3.63, 3.8) is 0 Å². The van der Waals surface area contributed by atoms with Gasteiger partial charge in [-0.2, -0.15) is 5.10 Å². The fourth-order valence-electron chi connectivity index (χ4n) is 2.43. The topological polar surface area (TPSA) is 36.3 Å². The van der Waals surface area contributed by atoms with Crippen molar-refractivity contribution in [1.82, 2.24) is 9.78 Å². The van der Waals surface area contributed by atoms with Crippen LogP contribution in [0.25, 0.3) is 0 Å². The van der Waals surface area contributed by atoms with Crippen LogP contribution in [0.4, 0.5) is 4.39 Å². The summed E-state index contributed by atoms with van der Waals surface area (Å²) in [6, 6.07) is 2.86. The number of halogens is 2. The Morgan fingerprint density at radius 3 is 2.83 bits per heavy atom. The van der Waals surface area contributed by atoms with Crippen LogP contribution < -0.4 is 0 Å². The number of rotatable bonds is 8. The molecule has 0 bridgehead atoms. The Kier molecular flexibility index (Phi) is 6.28. The monoisotopic (exact) mass is 372 g/mol. The van der Waals surface area contributed by atoms with Crippen LogP contribution in [-0.2, 0) is 16.2 Å². The van der Waals surface area contributed by atoms with Gasteiger partial charge >= 0.3 is 0 Å². The van der Waals surface area contributed by atoms with Crippen LogP contribution in [0.5, 0.6) is 0 Å². The molecule has 0 radical (unpaired) electrons. The highest BCUT2D eigenvalue weighted by atomic mass is 35.5. The predicted octanol–water partition coefficient (Wildman–Crippen LogP) is 4.67. The maximum Gasteiger partial charge on any atom is 0.217 e. The van der Waals surface area contributed by atoms with Crippen molar-refractivity contribution in [1.29, 1.82) is 0 Å². The van der Waals surface area contributed by atoms with Gasteiger partial charge in [-0.25, -0.2) is 9.07 Å². The third kappa shape index (κ3) is 5.19. The second-order valence-electron chi connectivity index (χ2n) is 7.10. The van der Waals surface area contributed by atoms with E-state index in [0.717, 1.165) is 6.04 Å². The lowest BCUT2D eigenvalue weighted by molar-refractivity contribution is 0.0777. The zero-order chi connectivity index (χ0) is 17.8. The van der Waals surface area contributed by atoms with Crippen molar-refractivity contribution < 1.29 is 13.9 Å². The van der Waals surface area contributed by atoms with Gasteiger partial charge in [-0.15, -0.1) is 0 Å². The number of hydrogen-bond donors (Lipinski definition) is 0. The Bertz CT molecular complexity index is 608. The molecule has 24 heavy (non-hydrogen) atoms. The van der Waals surface area contributed by atoms with E-state index in [1.165, 1.54) is 6.08 Å². The van der Waals surface area contributed by atoms with Crippen LogP contribution in [0.3, 0.4) is 0 Å². The van der Waals surface area contributed by atoms with Gasteiger partial charge in [0.05, 0.1) is 12.3 Å². The van der Waals surface area contributed by atoms with Crippen molar-refractivity contribution in [2.75, 3.05) is 13.2 Å². The summed E-state index contributed by atoms with van der Waals surface area (Å²) in [5.41, 5.74) is 0.533. The molecule has 0 spiro atoms. The summed E-state index contributed by atoms with van der Waals surface area (Å²) in [6.07, 6.45) is 6.41. The maximum atomic E-state index is 14.7. The molecule has 2 unspecified atom stereocenters. The smallest absolute Gasteiger partial charge is 0.217 e. The van der Waals surface area contributed by atoms with Crippen LogP contribution in [0.15, 0.2) is 36.3 Å².